The summed E-state index contributed by atoms with van der Waals surface area (Å²) in [4.78, 5) is 37.6. The average Bonchev–Trinajstić information content (AvgIpc) is 2.89. The lowest BCUT2D eigenvalue weighted by molar-refractivity contribution is -0.115. The van der Waals surface area contributed by atoms with Gasteiger partial charge in [0.15, 0.2) is 0 Å². The maximum Gasteiger partial charge on any atom is 0.290 e. The van der Waals surface area contributed by atoms with Gasteiger partial charge >= 0.3 is 0 Å². The van der Waals surface area contributed by atoms with E-state index in [-0.39, 0.29) is 11.1 Å². The van der Waals surface area contributed by atoms with Crippen LogP contribution in [0.4, 0.5) is 10.6 Å². The van der Waals surface area contributed by atoms with Crippen molar-refractivity contribution in [1.29, 1.82) is 0 Å². The molecule has 2 saturated heterocycles. The molecule has 1 aromatic carbocycles. The van der Waals surface area contributed by atoms with Crippen LogP contribution in [0.2, 0.25) is 0 Å². The second-order valence-electron chi connectivity index (χ2n) is 7.33. The molecule has 0 unspecified atom stereocenters. The van der Waals surface area contributed by atoms with Gasteiger partial charge in [-0.3, -0.25) is 19.9 Å². The van der Waals surface area contributed by atoms with Crippen LogP contribution in [0, 0.1) is 6.92 Å². The monoisotopic (exact) mass is 409 g/mol. The lowest BCUT2D eigenvalue weighted by Gasteiger charge is -2.21. The first-order chi connectivity index (χ1) is 14.0. The van der Waals surface area contributed by atoms with E-state index >= 15 is 0 Å². The van der Waals surface area contributed by atoms with E-state index in [4.69, 9.17) is 4.98 Å². The van der Waals surface area contributed by atoms with Crippen LogP contribution in [0.1, 0.15) is 17.5 Å². The van der Waals surface area contributed by atoms with Crippen LogP contribution in [0.5, 0.6) is 0 Å². The number of carbonyl (C=O) groups is 2. The van der Waals surface area contributed by atoms with E-state index < -0.39 is 0 Å². The number of hydrogen-bond acceptors (Lipinski definition) is 7. The molecule has 1 aromatic heterocycles. The molecule has 3 heterocycles. The summed E-state index contributed by atoms with van der Waals surface area (Å²) >= 11 is 0.925. The molecule has 2 aliphatic heterocycles. The van der Waals surface area contributed by atoms with Crippen molar-refractivity contribution < 1.29 is 9.59 Å². The van der Waals surface area contributed by atoms with Crippen molar-refractivity contribution >= 4 is 34.8 Å². The van der Waals surface area contributed by atoms with E-state index in [1.807, 2.05) is 31.3 Å². The molecule has 4 rings (SSSR count). The zero-order valence-electron chi connectivity index (χ0n) is 16.5. The third kappa shape index (κ3) is 4.49. The van der Waals surface area contributed by atoms with Crippen LogP contribution in [0.3, 0.4) is 0 Å². The number of likely N-dealkylation sites (N-methyl/N-ethyl adjacent to an activating group) is 1. The Kier molecular flexibility index (Phi) is 5.64. The number of aryl methyl sites for hydroxylation is 1. The van der Waals surface area contributed by atoms with Crippen LogP contribution >= 0.6 is 11.8 Å². The van der Waals surface area contributed by atoms with E-state index in [0.717, 1.165) is 72.6 Å². The smallest absolute Gasteiger partial charge is 0.290 e. The van der Waals surface area contributed by atoms with Gasteiger partial charge in [-0.15, -0.1) is 0 Å². The Balaban J connectivity index is 1.63. The van der Waals surface area contributed by atoms with Crippen molar-refractivity contribution in [2.45, 2.75) is 13.3 Å². The number of hydrogen-bond donors (Lipinski definition) is 1. The molecular formula is C21H23N5O2S. The lowest BCUT2D eigenvalue weighted by atomic mass is 10.0. The topological polar surface area (TPSA) is 78.4 Å². The van der Waals surface area contributed by atoms with E-state index in [2.05, 4.69) is 27.1 Å². The highest BCUT2D eigenvalue weighted by Gasteiger charge is 2.25. The summed E-state index contributed by atoms with van der Waals surface area (Å²) in [6.07, 6.45) is 6.43. The van der Waals surface area contributed by atoms with E-state index in [9.17, 15) is 9.59 Å². The molecular weight excluding hydrogens is 386 g/mol. The number of rotatable bonds is 3. The quantitative estimate of drug-likeness (QED) is 0.781. The predicted octanol–water partition coefficient (Wildman–Crippen LogP) is 2.92. The number of carbonyl (C=O) groups excluding carboxylic acids is 2. The zero-order valence-corrected chi connectivity index (χ0v) is 17.3. The van der Waals surface area contributed by atoms with Crippen molar-refractivity contribution in [2.24, 2.45) is 0 Å². The van der Waals surface area contributed by atoms with Gasteiger partial charge in [-0.25, -0.2) is 4.98 Å². The summed E-state index contributed by atoms with van der Waals surface area (Å²) in [5.41, 5.74) is 3.63. The van der Waals surface area contributed by atoms with Crippen molar-refractivity contribution in [3.63, 3.8) is 0 Å². The molecule has 150 valence electrons. The highest BCUT2D eigenvalue weighted by Crippen LogP contribution is 2.29. The van der Waals surface area contributed by atoms with E-state index in [1.165, 1.54) is 0 Å². The standard InChI is InChI=1S/C21H23N5O2S/c1-14-4-5-15(10-16(14)11-18-20(27)24-21(28)29-18)17-12-22-13-19(23-17)26-7-3-6-25(2)8-9-26/h4-5,10-13H,3,6-9H2,1-2H3,(H,24,27,28)/b18-11-. The Morgan fingerprint density at radius 2 is 2.00 bits per heavy atom. The predicted molar refractivity (Wildman–Crippen MR) is 116 cm³/mol. The highest BCUT2D eigenvalue weighted by atomic mass is 32.2. The number of imide groups is 1. The van der Waals surface area contributed by atoms with Crippen LogP contribution < -0.4 is 10.2 Å². The molecule has 0 aliphatic carbocycles. The fourth-order valence-corrected chi connectivity index (χ4v) is 4.11. The summed E-state index contributed by atoms with van der Waals surface area (Å²) in [5, 5.41) is 1.95. The molecule has 0 bridgehead atoms. The van der Waals surface area contributed by atoms with Crippen LogP contribution in [-0.2, 0) is 4.79 Å². The second-order valence-corrected chi connectivity index (χ2v) is 8.34. The molecule has 2 aromatic rings. The first-order valence-electron chi connectivity index (χ1n) is 9.61. The van der Waals surface area contributed by atoms with Gasteiger partial charge in [0.05, 0.1) is 23.0 Å². The molecule has 2 aliphatic rings. The molecule has 0 radical (unpaired) electrons. The number of nitrogens with zero attached hydrogens (tertiary/aromatic N) is 4. The lowest BCUT2D eigenvalue weighted by Crippen LogP contribution is -2.29. The van der Waals surface area contributed by atoms with Gasteiger partial charge < -0.3 is 9.80 Å². The van der Waals surface area contributed by atoms with Gasteiger partial charge in [-0.2, -0.15) is 0 Å². The van der Waals surface area contributed by atoms with Gasteiger partial charge in [-0.05, 0) is 62.0 Å². The van der Waals surface area contributed by atoms with Gasteiger partial charge in [0, 0.05) is 25.2 Å². The normalized spacial score (nSPS) is 19.5. The maximum absolute atomic E-state index is 11.9. The minimum atomic E-state index is -0.349. The molecule has 7 nitrogen and oxygen atoms in total. The number of anilines is 1. The number of benzene rings is 1. The van der Waals surface area contributed by atoms with Crippen molar-refractivity contribution in [3.8, 4) is 11.3 Å². The Morgan fingerprint density at radius 1 is 1.14 bits per heavy atom. The molecule has 2 amide bonds. The zero-order chi connectivity index (χ0) is 20.4. The number of thioether (sulfide) groups is 1. The first-order valence-corrected chi connectivity index (χ1v) is 10.4. The fraction of sp³-hybridized carbons (Fsp3) is 0.333. The Morgan fingerprint density at radius 3 is 2.79 bits per heavy atom. The van der Waals surface area contributed by atoms with E-state index in [0.29, 0.717) is 4.91 Å². The highest BCUT2D eigenvalue weighted by molar-refractivity contribution is 8.18. The van der Waals surface area contributed by atoms with Gasteiger partial charge in [0.1, 0.15) is 5.82 Å². The third-order valence-corrected chi connectivity index (χ3v) is 5.98. The minimum Gasteiger partial charge on any atom is -0.354 e. The molecule has 2 fully saturated rings. The molecule has 29 heavy (non-hydrogen) atoms. The van der Waals surface area contributed by atoms with Crippen molar-refractivity contribution in [1.82, 2.24) is 20.2 Å². The van der Waals surface area contributed by atoms with Gasteiger partial charge in [0.25, 0.3) is 11.1 Å². The molecule has 0 atom stereocenters. The summed E-state index contributed by atoms with van der Waals surface area (Å²) in [6.45, 7) is 5.97. The average molecular weight is 410 g/mol. The van der Waals surface area contributed by atoms with Gasteiger partial charge in [-0.1, -0.05) is 12.1 Å². The fourth-order valence-electron chi connectivity index (χ4n) is 3.44. The minimum absolute atomic E-state index is 0.336. The number of aromatic nitrogens is 2. The van der Waals surface area contributed by atoms with Crippen LogP contribution in [-0.4, -0.2) is 59.2 Å². The van der Waals surface area contributed by atoms with Crippen molar-refractivity contribution in [2.75, 3.05) is 38.1 Å². The first kappa shape index (κ1) is 19.6. The molecule has 8 heteroatoms. The van der Waals surface area contributed by atoms with Crippen molar-refractivity contribution in [3.05, 3.63) is 46.6 Å². The van der Waals surface area contributed by atoms with Gasteiger partial charge in [0.2, 0.25) is 0 Å². The Labute approximate surface area is 174 Å². The third-order valence-electron chi connectivity index (χ3n) is 5.17. The number of nitrogens with one attached hydrogen (secondary N) is 1. The summed E-state index contributed by atoms with van der Waals surface area (Å²) in [6, 6.07) is 5.99. The summed E-state index contributed by atoms with van der Waals surface area (Å²) in [5.74, 6) is 0.535. The maximum atomic E-state index is 11.9. The SMILES string of the molecule is Cc1ccc(-c2cncc(N3CCCN(C)CC3)n2)cc1/C=C1\SC(=O)NC1=O. The Hall–Kier alpha value is -2.71. The summed E-state index contributed by atoms with van der Waals surface area (Å²) < 4.78 is 0. The summed E-state index contributed by atoms with van der Waals surface area (Å²) in [7, 11) is 2.14. The largest absolute Gasteiger partial charge is 0.354 e. The Bertz CT molecular complexity index is 991. The van der Waals surface area contributed by atoms with E-state index in [1.54, 1.807) is 12.3 Å². The second kappa shape index (κ2) is 8.34. The molecule has 1 N–H and O–H groups in total. The van der Waals surface area contributed by atoms with Crippen LogP contribution in [0.15, 0.2) is 35.5 Å². The molecule has 0 spiro atoms. The van der Waals surface area contributed by atoms with Crippen LogP contribution in [0.25, 0.3) is 17.3 Å². The molecule has 0 saturated carbocycles. The number of amides is 2.